The Morgan fingerprint density at radius 1 is 1.27 bits per heavy atom. The third kappa shape index (κ3) is 3.59. The lowest BCUT2D eigenvalue weighted by Gasteiger charge is -2.34. The second-order valence-corrected chi connectivity index (χ2v) is 6.51. The molecule has 22 heavy (non-hydrogen) atoms. The van der Waals surface area contributed by atoms with Gasteiger partial charge in [0.2, 0.25) is 0 Å². The Morgan fingerprint density at radius 2 is 2.00 bits per heavy atom. The number of hydrogen-bond donors (Lipinski definition) is 1. The summed E-state index contributed by atoms with van der Waals surface area (Å²) in [6.07, 6.45) is 8.86. The molecule has 1 aromatic heterocycles. The zero-order valence-electron chi connectivity index (χ0n) is 12.8. The van der Waals surface area contributed by atoms with Crippen LogP contribution in [0.5, 0.6) is 0 Å². The van der Waals surface area contributed by atoms with E-state index in [1.165, 1.54) is 31.0 Å². The number of ether oxygens (including phenoxy) is 1. The molecule has 0 bridgehead atoms. The molecule has 2 aliphatic heterocycles. The van der Waals surface area contributed by atoms with Crippen LogP contribution in [0.15, 0.2) is 17.6 Å². The van der Waals surface area contributed by atoms with E-state index in [1.807, 2.05) is 6.26 Å². The summed E-state index contributed by atoms with van der Waals surface area (Å²) in [6, 6.07) is 0.335. The Morgan fingerprint density at radius 3 is 2.68 bits per heavy atom. The second kappa shape index (κ2) is 7.39. The van der Waals surface area contributed by atoms with E-state index in [2.05, 4.69) is 20.2 Å². The van der Waals surface area contributed by atoms with Gasteiger partial charge in [-0.1, -0.05) is 18.2 Å². The van der Waals surface area contributed by atoms with Crippen molar-refractivity contribution in [1.82, 2.24) is 20.2 Å². The SMILES string of the molecule is CSc1ncc(C(=O)N[C@H]2COC[C@@H]2N2CCCCC2)cn1. The normalized spacial score (nSPS) is 26.0. The molecule has 0 radical (unpaired) electrons. The van der Waals surface area contributed by atoms with Crippen LogP contribution in [0.2, 0.25) is 0 Å². The highest BCUT2D eigenvalue weighted by molar-refractivity contribution is 7.98. The summed E-state index contributed by atoms with van der Waals surface area (Å²) >= 11 is 1.46. The van der Waals surface area contributed by atoms with Gasteiger partial charge in [-0.05, 0) is 32.2 Å². The van der Waals surface area contributed by atoms with Crippen LogP contribution in [0, 0.1) is 0 Å². The number of hydrogen-bond acceptors (Lipinski definition) is 6. The molecule has 6 nitrogen and oxygen atoms in total. The van der Waals surface area contributed by atoms with Crippen molar-refractivity contribution in [2.45, 2.75) is 36.5 Å². The van der Waals surface area contributed by atoms with Gasteiger partial charge in [0.25, 0.3) is 5.91 Å². The molecule has 3 rings (SSSR count). The van der Waals surface area contributed by atoms with Gasteiger partial charge < -0.3 is 10.1 Å². The van der Waals surface area contributed by atoms with Gasteiger partial charge in [-0.2, -0.15) is 0 Å². The molecule has 2 fully saturated rings. The van der Waals surface area contributed by atoms with Crippen LogP contribution in [0.4, 0.5) is 0 Å². The minimum atomic E-state index is -0.120. The van der Waals surface area contributed by atoms with E-state index in [-0.39, 0.29) is 18.0 Å². The van der Waals surface area contributed by atoms with Crippen LogP contribution in [0.25, 0.3) is 0 Å². The van der Waals surface area contributed by atoms with Crippen molar-refractivity contribution < 1.29 is 9.53 Å². The molecule has 0 spiro atoms. The first kappa shape index (κ1) is 15.7. The molecule has 2 atom stereocenters. The second-order valence-electron chi connectivity index (χ2n) is 5.74. The molecule has 0 unspecified atom stereocenters. The van der Waals surface area contributed by atoms with Gasteiger partial charge in [0.15, 0.2) is 5.16 Å². The van der Waals surface area contributed by atoms with Gasteiger partial charge >= 0.3 is 0 Å². The number of nitrogens with one attached hydrogen (secondary N) is 1. The van der Waals surface area contributed by atoms with Gasteiger partial charge in [-0.3, -0.25) is 9.69 Å². The molecule has 1 aromatic rings. The number of rotatable bonds is 4. The molecule has 0 aromatic carbocycles. The lowest BCUT2D eigenvalue weighted by molar-refractivity contribution is 0.0899. The highest BCUT2D eigenvalue weighted by Gasteiger charge is 2.34. The third-order valence-electron chi connectivity index (χ3n) is 4.30. The average Bonchev–Trinajstić information content (AvgIpc) is 3.04. The van der Waals surface area contributed by atoms with E-state index >= 15 is 0 Å². The lowest BCUT2D eigenvalue weighted by atomic mass is 10.0. The van der Waals surface area contributed by atoms with Gasteiger partial charge in [-0.25, -0.2) is 9.97 Å². The molecule has 1 N–H and O–H groups in total. The monoisotopic (exact) mass is 322 g/mol. The highest BCUT2D eigenvalue weighted by Crippen LogP contribution is 2.19. The molecule has 0 aliphatic carbocycles. The Hall–Kier alpha value is -1.18. The topological polar surface area (TPSA) is 67.3 Å². The maximum absolute atomic E-state index is 12.4. The molecule has 7 heteroatoms. The summed E-state index contributed by atoms with van der Waals surface area (Å²) in [5.41, 5.74) is 0.502. The zero-order chi connectivity index (χ0) is 15.4. The molecule has 120 valence electrons. The zero-order valence-corrected chi connectivity index (χ0v) is 13.6. The van der Waals surface area contributed by atoms with Crippen molar-refractivity contribution in [2.24, 2.45) is 0 Å². The van der Waals surface area contributed by atoms with E-state index in [1.54, 1.807) is 12.4 Å². The van der Waals surface area contributed by atoms with Crippen LogP contribution >= 0.6 is 11.8 Å². The van der Waals surface area contributed by atoms with E-state index in [4.69, 9.17) is 4.74 Å². The number of carbonyl (C=O) groups excluding carboxylic acids is 1. The fourth-order valence-corrected chi connectivity index (χ4v) is 3.40. The summed E-state index contributed by atoms with van der Waals surface area (Å²) in [5, 5.41) is 3.76. The average molecular weight is 322 g/mol. The van der Waals surface area contributed by atoms with Crippen LogP contribution in [-0.2, 0) is 4.74 Å². The Kier molecular flexibility index (Phi) is 5.28. The van der Waals surface area contributed by atoms with Crippen molar-refractivity contribution in [3.8, 4) is 0 Å². The third-order valence-corrected chi connectivity index (χ3v) is 4.88. The number of nitrogens with zero attached hydrogens (tertiary/aromatic N) is 3. The molecular formula is C15H22N4O2S. The first-order valence-corrected chi connectivity index (χ1v) is 8.99. The number of carbonyl (C=O) groups is 1. The fourth-order valence-electron chi connectivity index (χ4n) is 3.08. The van der Waals surface area contributed by atoms with Gasteiger partial charge in [-0.15, -0.1) is 0 Å². The smallest absolute Gasteiger partial charge is 0.254 e. The summed E-state index contributed by atoms with van der Waals surface area (Å²) in [6.45, 7) is 3.49. The van der Waals surface area contributed by atoms with E-state index in [9.17, 15) is 4.79 Å². The maximum Gasteiger partial charge on any atom is 0.254 e. The molecule has 0 saturated carbocycles. The Labute approximate surface area is 135 Å². The van der Waals surface area contributed by atoms with Gasteiger partial charge in [0, 0.05) is 12.4 Å². The predicted molar refractivity (Wildman–Crippen MR) is 85.1 cm³/mol. The maximum atomic E-state index is 12.4. The standard InChI is InChI=1S/C15H22N4O2S/c1-22-15-16-7-11(8-17-15)14(20)18-12-9-21-10-13(12)19-5-3-2-4-6-19/h7-8,12-13H,2-6,9-10H2,1H3,(H,18,20)/t12-,13-/m0/s1. The van der Waals surface area contributed by atoms with Crippen molar-refractivity contribution in [2.75, 3.05) is 32.6 Å². The van der Waals surface area contributed by atoms with E-state index in [0.717, 1.165) is 13.1 Å². The van der Waals surface area contributed by atoms with E-state index < -0.39 is 0 Å². The summed E-state index contributed by atoms with van der Waals surface area (Å²) in [7, 11) is 0. The van der Waals surface area contributed by atoms with Crippen LogP contribution < -0.4 is 5.32 Å². The first-order chi connectivity index (χ1) is 10.8. The lowest BCUT2D eigenvalue weighted by Crippen LogP contribution is -2.52. The summed E-state index contributed by atoms with van der Waals surface area (Å²) < 4.78 is 5.61. The summed E-state index contributed by atoms with van der Waals surface area (Å²) in [4.78, 5) is 23.1. The molecule has 2 aliphatic rings. The summed E-state index contributed by atoms with van der Waals surface area (Å²) in [5.74, 6) is -0.120. The van der Waals surface area contributed by atoms with Gasteiger partial charge in [0.05, 0.1) is 30.9 Å². The minimum absolute atomic E-state index is 0.0471. The van der Waals surface area contributed by atoms with Crippen LogP contribution in [0.1, 0.15) is 29.6 Å². The number of likely N-dealkylation sites (tertiary alicyclic amines) is 1. The number of amides is 1. The van der Waals surface area contributed by atoms with Crippen molar-refractivity contribution in [3.05, 3.63) is 18.0 Å². The van der Waals surface area contributed by atoms with Crippen LogP contribution in [-0.4, -0.2) is 65.4 Å². The molecule has 3 heterocycles. The Bertz CT molecular complexity index is 505. The number of thioether (sulfide) groups is 1. The van der Waals surface area contributed by atoms with Crippen molar-refractivity contribution in [1.29, 1.82) is 0 Å². The molecule has 1 amide bonds. The van der Waals surface area contributed by atoms with Crippen LogP contribution in [0.3, 0.4) is 0 Å². The fraction of sp³-hybridized carbons (Fsp3) is 0.667. The molecular weight excluding hydrogens is 300 g/mol. The molecule has 2 saturated heterocycles. The predicted octanol–water partition coefficient (Wildman–Crippen LogP) is 1.18. The Balaban J connectivity index is 1.61. The largest absolute Gasteiger partial charge is 0.378 e. The quantitative estimate of drug-likeness (QED) is 0.663. The first-order valence-electron chi connectivity index (χ1n) is 7.76. The number of piperidine rings is 1. The van der Waals surface area contributed by atoms with Crippen molar-refractivity contribution in [3.63, 3.8) is 0 Å². The van der Waals surface area contributed by atoms with Crippen molar-refractivity contribution >= 4 is 17.7 Å². The van der Waals surface area contributed by atoms with Gasteiger partial charge in [0.1, 0.15) is 0 Å². The van der Waals surface area contributed by atoms with E-state index in [0.29, 0.717) is 23.9 Å². The highest BCUT2D eigenvalue weighted by atomic mass is 32.2. The number of aromatic nitrogens is 2. The minimum Gasteiger partial charge on any atom is -0.378 e.